The van der Waals surface area contributed by atoms with Crippen molar-refractivity contribution in [3.8, 4) is 0 Å². The molecule has 0 rings (SSSR count). The molecule has 0 radical (unpaired) electrons. The van der Waals surface area contributed by atoms with Crippen LogP contribution in [0.1, 0.15) is 26.7 Å². The van der Waals surface area contributed by atoms with Gasteiger partial charge in [-0.2, -0.15) is 0 Å². The number of methoxy groups -OCH3 is 2. The molecule has 0 aromatic heterocycles. The maximum atomic E-state index is 11.2. The molecule has 0 aromatic carbocycles. The first-order chi connectivity index (χ1) is 16.0. The van der Waals surface area contributed by atoms with Crippen LogP contribution in [0.4, 0.5) is 0 Å². The smallest absolute Gasteiger partial charge is 0.332 e. The Balaban J connectivity index is -0.000000236. The summed E-state index contributed by atoms with van der Waals surface area (Å²) >= 11 is 0. The zero-order valence-corrected chi connectivity index (χ0v) is 20.3. The zero-order chi connectivity index (χ0) is 27.5. The molecule has 0 aliphatic rings. The van der Waals surface area contributed by atoms with E-state index < -0.39 is 55.2 Å². The lowest BCUT2D eigenvalue weighted by Gasteiger charge is -2.11. The topological polar surface area (TPSA) is 169 Å². The molecule has 0 fully saturated rings. The Morgan fingerprint density at radius 1 is 0.735 bits per heavy atom. The van der Waals surface area contributed by atoms with E-state index in [2.05, 4.69) is 40.5 Å². The van der Waals surface area contributed by atoms with E-state index in [4.69, 9.17) is 14.6 Å². The average Bonchev–Trinajstić information content (AvgIpc) is 2.79. The normalized spacial score (nSPS) is 9.68. The third-order valence-corrected chi connectivity index (χ3v) is 2.70. The zero-order valence-electron chi connectivity index (χ0n) is 20.3. The Morgan fingerprint density at radius 3 is 1.62 bits per heavy atom. The van der Waals surface area contributed by atoms with E-state index >= 15 is 0 Å². The summed E-state index contributed by atoms with van der Waals surface area (Å²) in [4.78, 5) is 64.7. The van der Waals surface area contributed by atoms with E-state index in [1.807, 2.05) is 0 Å². The van der Waals surface area contributed by atoms with Crippen molar-refractivity contribution in [3.05, 3.63) is 26.3 Å². The van der Waals surface area contributed by atoms with Gasteiger partial charge in [0.05, 0.1) is 13.0 Å². The fraction of sp³-hybridized carbons (Fsp3) is 0.545. The highest BCUT2D eigenvalue weighted by atomic mass is 16.6. The second-order valence-corrected chi connectivity index (χ2v) is 5.80. The summed E-state index contributed by atoms with van der Waals surface area (Å²) in [6, 6.07) is 0. The van der Waals surface area contributed by atoms with Crippen LogP contribution in [0.2, 0.25) is 0 Å². The number of ether oxygens (including phenoxy) is 5. The number of hydrogen-bond acceptors (Lipinski definition) is 12. The maximum Gasteiger partial charge on any atom is 0.332 e. The SMILES string of the molecule is C=C.C=C.COCC(=O)OCC(=O)CC(C)=O.COCC(C)OC(=O)CC(=O)COC(=O)CO. The van der Waals surface area contributed by atoms with Gasteiger partial charge in [0.25, 0.3) is 0 Å². The van der Waals surface area contributed by atoms with Gasteiger partial charge < -0.3 is 28.8 Å². The number of esters is 3. The molecule has 0 aliphatic heterocycles. The van der Waals surface area contributed by atoms with Crippen molar-refractivity contribution in [1.29, 1.82) is 0 Å². The monoisotopic (exact) mass is 492 g/mol. The minimum Gasteiger partial charge on any atom is -0.460 e. The molecular weight excluding hydrogens is 456 g/mol. The number of hydrogen-bond donors (Lipinski definition) is 1. The molecule has 34 heavy (non-hydrogen) atoms. The molecule has 0 saturated heterocycles. The van der Waals surface area contributed by atoms with Crippen LogP contribution >= 0.6 is 0 Å². The molecule has 0 spiro atoms. The lowest BCUT2D eigenvalue weighted by atomic mass is 10.2. The van der Waals surface area contributed by atoms with E-state index in [-0.39, 0.29) is 32.0 Å². The van der Waals surface area contributed by atoms with Crippen LogP contribution in [-0.2, 0) is 52.5 Å². The molecule has 12 nitrogen and oxygen atoms in total. The first kappa shape index (κ1) is 38.1. The largest absolute Gasteiger partial charge is 0.460 e. The van der Waals surface area contributed by atoms with Gasteiger partial charge in [-0.25, -0.2) is 9.59 Å². The van der Waals surface area contributed by atoms with Gasteiger partial charge in [-0.05, 0) is 13.8 Å². The van der Waals surface area contributed by atoms with Gasteiger partial charge in [-0.1, -0.05) is 0 Å². The van der Waals surface area contributed by atoms with E-state index in [1.165, 1.54) is 21.1 Å². The first-order valence-electron chi connectivity index (χ1n) is 9.67. The highest BCUT2D eigenvalue weighted by molar-refractivity contribution is 5.99. The van der Waals surface area contributed by atoms with Gasteiger partial charge in [0.1, 0.15) is 31.5 Å². The van der Waals surface area contributed by atoms with Crippen molar-refractivity contribution in [3.63, 3.8) is 0 Å². The van der Waals surface area contributed by atoms with Gasteiger partial charge in [0, 0.05) is 14.2 Å². The number of carbonyl (C=O) groups excluding carboxylic acids is 6. The first-order valence-corrected chi connectivity index (χ1v) is 9.67. The fourth-order valence-electron chi connectivity index (χ4n) is 1.60. The summed E-state index contributed by atoms with van der Waals surface area (Å²) in [6.07, 6.45) is -1.12. The van der Waals surface area contributed by atoms with Crippen LogP contribution in [0.5, 0.6) is 0 Å². The molecule has 12 heteroatoms. The summed E-state index contributed by atoms with van der Waals surface area (Å²) in [5.74, 6) is -3.48. The van der Waals surface area contributed by atoms with Crippen molar-refractivity contribution in [2.75, 3.05) is 47.3 Å². The summed E-state index contributed by atoms with van der Waals surface area (Å²) in [5, 5.41) is 8.32. The van der Waals surface area contributed by atoms with Gasteiger partial charge in [0.2, 0.25) is 0 Å². The number of Topliss-reactive ketones (excluding diaryl/α,β-unsaturated/α-hetero) is 3. The second kappa shape index (κ2) is 27.8. The Kier molecular flexibility index (Phi) is 31.1. The molecule has 0 amide bonds. The Bertz CT molecular complexity index is 613. The number of carbonyl (C=O) groups is 6. The van der Waals surface area contributed by atoms with E-state index in [0.29, 0.717) is 0 Å². The van der Waals surface area contributed by atoms with Crippen LogP contribution < -0.4 is 0 Å². The Labute approximate surface area is 199 Å². The van der Waals surface area contributed by atoms with Crippen molar-refractivity contribution >= 4 is 35.3 Å². The molecule has 0 heterocycles. The molecule has 1 unspecified atom stereocenters. The van der Waals surface area contributed by atoms with Crippen molar-refractivity contribution in [1.82, 2.24) is 0 Å². The number of rotatable bonds is 14. The van der Waals surface area contributed by atoms with Gasteiger partial charge in [-0.15, -0.1) is 26.3 Å². The van der Waals surface area contributed by atoms with E-state index in [9.17, 15) is 28.8 Å². The minimum absolute atomic E-state index is 0.187. The minimum atomic E-state index is -0.917. The van der Waals surface area contributed by atoms with Crippen LogP contribution in [0.25, 0.3) is 0 Å². The van der Waals surface area contributed by atoms with Gasteiger partial charge >= 0.3 is 17.9 Å². The van der Waals surface area contributed by atoms with Crippen LogP contribution in [-0.4, -0.2) is 93.7 Å². The highest BCUT2D eigenvalue weighted by Crippen LogP contribution is 1.97. The molecule has 196 valence electrons. The molecule has 1 N–H and O–H groups in total. The molecular formula is C22H36O12. The highest BCUT2D eigenvalue weighted by Gasteiger charge is 2.15. The van der Waals surface area contributed by atoms with Crippen molar-refractivity contribution in [2.24, 2.45) is 0 Å². The quantitative estimate of drug-likeness (QED) is 0.153. The predicted octanol–water partition coefficient (Wildman–Crippen LogP) is 0.388. The summed E-state index contributed by atoms with van der Waals surface area (Å²) < 4.78 is 22.8. The second-order valence-electron chi connectivity index (χ2n) is 5.80. The fourth-order valence-corrected chi connectivity index (χ4v) is 1.60. The molecule has 1 atom stereocenters. The molecule has 0 aromatic rings. The Hall–Kier alpha value is -3.22. The van der Waals surface area contributed by atoms with Crippen LogP contribution in [0, 0.1) is 0 Å². The standard InChI is InChI=1S/C10H16O7.C8H12O5.2C2H4/c1-7(5-15-2)17-9(13)3-8(12)6-16-10(14)4-11;1-6(9)3-7(10)4-13-8(11)5-12-2;2*1-2/h7,11H,3-6H2,1-2H3;3-5H2,1-2H3;2*1-2H2. The van der Waals surface area contributed by atoms with Crippen molar-refractivity contribution < 1.29 is 57.6 Å². The number of aliphatic hydroxyl groups is 1. The third-order valence-electron chi connectivity index (χ3n) is 2.70. The Morgan fingerprint density at radius 2 is 1.21 bits per heavy atom. The molecule has 0 aliphatic carbocycles. The predicted molar refractivity (Wildman–Crippen MR) is 121 cm³/mol. The van der Waals surface area contributed by atoms with Crippen molar-refractivity contribution in [2.45, 2.75) is 32.8 Å². The average molecular weight is 493 g/mol. The molecule has 0 saturated carbocycles. The molecule has 0 bridgehead atoms. The van der Waals surface area contributed by atoms with Gasteiger partial charge in [0.15, 0.2) is 24.8 Å². The lowest BCUT2D eigenvalue weighted by Crippen LogP contribution is -2.24. The van der Waals surface area contributed by atoms with Crippen LogP contribution in [0.15, 0.2) is 26.3 Å². The van der Waals surface area contributed by atoms with Crippen LogP contribution in [0.3, 0.4) is 0 Å². The summed E-state index contributed by atoms with van der Waals surface area (Å²) in [6.45, 7) is 13.3. The third kappa shape index (κ3) is 31.0. The maximum absolute atomic E-state index is 11.2. The number of ketones is 3. The van der Waals surface area contributed by atoms with Gasteiger partial charge in [-0.3, -0.25) is 19.2 Å². The number of aliphatic hydroxyl groups excluding tert-OH is 1. The lowest BCUT2D eigenvalue weighted by molar-refractivity contribution is -0.156. The van der Waals surface area contributed by atoms with E-state index in [1.54, 1.807) is 6.92 Å². The summed E-state index contributed by atoms with van der Waals surface area (Å²) in [7, 11) is 2.81. The van der Waals surface area contributed by atoms with E-state index in [0.717, 1.165) is 0 Å². The summed E-state index contributed by atoms with van der Waals surface area (Å²) in [5.41, 5.74) is 0.